The Kier molecular flexibility index (Phi) is 7.80. The quantitative estimate of drug-likeness (QED) is 0.752. The normalized spacial score (nSPS) is 12.4. The molecule has 0 aliphatic heterocycles. The molecular formula is C12H18ClFN2O4S. The molecule has 120 valence electrons. The molecule has 0 aromatic heterocycles. The van der Waals surface area contributed by atoms with Gasteiger partial charge in [-0.25, -0.2) is 22.3 Å². The SMILES string of the molecule is CNC(C)CNS(=O)(=O)c1ccc(F)cc1C(=O)OC.Cl. The van der Waals surface area contributed by atoms with Gasteiger partial charge in [0.25, 0.3) is 0 Å². The van der Waals surface area contributed by atoms with Gasteiger partial charge in [-0.15, -0.1) is 12.4 Å². The van der Waals surface area contributed by atoms with E-state index in [-0.39, 0.29) is 35.5 Å². The Bertz CT molecular complexity index is 595. The van der Waals surface area contributed by atoms with Gasteiger partial charge in [-0.2, -0.15) is 0 Å². The summed E-state index contributed by atoms with van der Waals surface area (Å²) in [5.41, 5.74) is -0.336. The lowest BCUT2D eigenvalue weighted by Crippen LogP contribution is -2.37. The van der Waals surface area contributed by atoms with E-state index in [2.05, 4.69) is 14.8 Å². The Labute approximate surface area is 129 Å². The third-order valence-corrected chi connectivity index (χ3v) is 4.19. The zero-order valence-corrected chi connectivity index (χ0v) is 13.5. The van der Waals surface area contributed by atoms with Crippen molar-refractivity contribution in [3.8, 4) is 0 Å². The predicted molar refractivity (Wildman–Crippen MR) is 78.7 cm³/mol. The van der Waals surface area contributed by atoms with E-state index in [1.165, 1.54) is 0 Å². The summed E-state index contributed by atoms with van der Waals surface area (Å²) in [5.74, 6) is -1.63. The maximum atomic E-state index is 13.2. The van der Waals surface area contributed by atoms with Gasteiger partial charge in [-0.1, -0.05) is 0 Å². The summed E-state index contributed by atoms with van der Waals surface area (Å²) in [7, 11) is -1.14. The first-order valence-corrected chi connectivity index (χ1v) is 7.35. The molecule has 0 heterocycles. The Hall–Kier alpha value is -1.22. The molecule has 1 aromatic carbocycles. The summed E-state index contributed by atoms with van der Waals surface area (Å²) in [6.07, 6.45) is 0. The Morgan fingerprint density at radius 1 is 1.43 bits per heavy atom. The molecule has 0 spiro atoms. The minimum absolute atomic E-state index is 0. The van der Waals surface area contributed by atoms with Gasteiger partial charge in [0.15, 0.2) is 0 Å². The van der Waals surface area contributed by atoms with E-state index < -0.39 is 21.8 Å². The van der Waals surface area contributed by atoms with E-state index in [0.717, 1.165) is 25.3 Å². The summed E-state index contributed by atoms with van der Waals surface area (Å²) < 4.78 is 44.2. The molecule has 21 heavy (non-hydrogen) atoms. The standard InChI is InChI=1S/C12H17FN2O4S.ClH/c1-8(14-2)7-15-20(17,18)11-5-4-9(13)6-10(11)12(16)19-3;/h4-6,8,14-15H,7H2,1-3H3;1H. The third-order valence-electron chi connectivity index (χ3n) is 2.71. The van der Waals surface area contributed by atoms with Gasteiger partial charge in [0.1, 0.15) is 5.82 Å². The lowest BCUT2D eigenvalue weighted by atomic mass is 10.2. The maximum Gasteiger partial charge on any atom is 0.339 e. The number of rotatable bonds is 6. The molecule has 0 radical (unpaired) electrons. The average molecular weight is 341 g/mol. The molecule has 6 nitrogen and oxygen atoms in total. The van der Waals surface area contributed by atoms with Crippen LogP contribution in [0.2, 0.25) is 0 Å². The van der Waals surface area contributed by atoms with Crippen molar-refractivity contribution in [2.75, 3.05) is 20.7 Å². The average Bonchev–Trinajstić information content (AvgIpc) is 2.43. The third kappa shape index (κ3) is 5.24. The molecular weight excluding hydrogens is 323 g/mol. The van der Waals surface area contributed by atoms with Gasteiger partial charge in [0.2, 0.25) is 10.0 Å². The largest absolute Gasteiger partial charge is 0.465 e. The molecule has 0 aliphatic carbocycles. The summed E-state index contributed by atoms with van der Waals surface area (Å²) in [4.78, 5) is 11.2. The van der Waals surface area contributed by atoms with Crippen molar-refractivity contribution in [1.82, 2.24) is 10.0 Å². The summed E-state index contributed by atoms with van der Waals surface area (Å²) >= 11 is 0. The summed E-state index contributed by atoms with van der Waals surface area (Å²) in [6.45, 7) is 1.92. The van der Waals surface area contributed by atoms with Crippen LogP contribution in [0.15, 0.2) is 23.1 Å². The predicted octanol–water partition coefficient (Wildman–Crippen LogP) is 0.920. The smallest absolute Gasteiger partial charge is 0.339 e. The maximum absolute atomic E-state index is 13.2. The zero-order valence-electron chi connectivity index (χ0n) is 11.8. The van der Waals surface area contributed by atoms with Crippen molar-refractivity contribution in [2.45, 2.75) is 17.9 Å². The van der Waals surface area contributed by atoms with Crippen molar-refractivity contribution in [2.24, 2.45) is 0 Å². The van der Waals surface area contributed by atoms with Crippen molar-refractivity contribution in [3.63, 3.8) is 0 Å². The number of methoxy groups -OCH3 is 1. The fourth-order valence-electron chi connectivity index (χ4n) is 1.42. The lowest BCUT2D eigenvalue weighted by Gasteiger charge is -2.13. The topological polar surface area (TPSA) is 84.5 Å². The molecule has 0 aliphatic rings. The highest BCUT2D eigenvalue weighted by atomic mass is 35.5. The molecule has 1 atom stereocenters. The van der Waals surface area contributed by atoms with Crippen molar-refractivity contribution in [1.29, 1.82) is 0 Å². The number of hydrogen-bond acceptors (Lipinski definition) is 5. The number of carbonyl (C=O) groups is 1. The van der Waals surface area contributed by atoms with E-state index in [0.29, 0.717) is 0 Å². The summed E-state index contributed by atoms with van der Waals surface area (Å²) in [5, 5.41) is 2.87. The van der Waals surface area contributed by atoms with E-state index in [1.54, 1.807) is 14.0 Å². The van der Waals surface area contributed by atoms with Gasteiger partial charge in [0, 0.05) is 12.6 Å². The Morgan fingerprint density at radius 3 is 2.57 bits per heavy atom. The van der Waals surface area contributed by atoms with Gasteiger partial charge in [-0.3, -0.25) is 0 Å². The van der Waals surface area contributed by atoms with Crippen LogP contribution in [0, 0.1) is 5.82 Å². The second-order valence-corrected chi connectivity index (χ2v) is 5.91. The van der Waals surface area contributed by atoms with Crippen LogP contribution in [0.3, 0.4) is 0 Å². The van der Waals surface area contributed by atoms with Gasteiger partial charge in [-0.05, 0) is 32.2 Å². The minimum atomic E-state index is -3.93. The molecule has 0 saturated heterocycles. The number of carbonyl (C=O) groups excluding carboxylic acids is 1. The van der Waals surface area contributed by atoms with Gasteiger partial charge >= 0.3 is 5.97 Å². The highest BCUT2D eigenvalue weighted by Gasteiger charge is 2.23. The van der Waals surface area contributed by atoms with Crippen LogP contribution >= 0.6 is 12.4 Å². The van der Waals surface area contributed by atoms with Crippen LogP contribution in [-0.4, -0.2) is 41.1 Å². The van der Waals surface area contributed by atoms with E-state index in [1.807, 2.05) is 0 Å². The monoisotopic (exact) mass is 340 g/mol. The van der Waals surface area contributed by atoms with Crippen LogP contribution in [0.4, 0.5) is 4.39 Å². The molecule has 2 N–H and O–H groups in total. The number of benzene rings is 1. The highest BCUT2D eigenvalue weighted by molar-refractivity contribution is 7.89. The number of hydrogen-bond donors (Lipinski definition) is 2. The fourth-order valence-corrected chi connectivity index (χ4v) is 2.72. The molecule has 0 amide bonds. The second-order valence-electron chi connectivity index (χ2n) is 4.17. The van der Waals surface area contributed by atoms with Gasteiger partial charge < -0.3 is 10.1 Å². The number of esters is 1. The number of sulfonamides is 1. The Morgan fingerprint density at radius 2 is 2.05 bits per heavy atom. The van der Waals surface area contributed by atoms with E-state index in [9.17, 15) is 17.6 Å². The molecule has 1 unspecified atom stereocenters. The summed E-state index contributed by atoms with van der Waals surface area (Å²) in [6, 6.07) is 2.75. The first kappa shape index (κ1) is 19.8. The number of nitrogens with one attached hydrogen (secondary N) is 2. The van der Waals surface area contributed by atoms with Crippen LogP contribution in [0.1, 0.15) is 17.3 Å². The first-order valence-electron chi connectivity index (χ1n) is 5.86. The van der Waals surface area contributed by atoms with Crippen molar-refractivity contribution >= 4 is 28.4 Å². The molecule has 0 fully saturated rings. The van der Waals surface area contributed by atoms with Gasteiger partial charge in [0.05, 0.1) is 17.6 Å². The minimum Gasteiger partial charge on any atom is -0.465 e. The molecule has 0 saturated carbocycles. The van der Waals surface area contributed by atoms with Crippen LogP contribution < -0.4 is 10.0 Å². The van der Waals surface area contributed by atoms with Crippen LogP contribution in [-0.2, 0) is 14.8 Å². The zero-order chi connectivity index (χ0) is 15.3. The molecule has 1 rings (SSSR count). The second kappa shape index (κ2) is 8.28. The lowest BCUT2D eigenvalue weighted by molar-refractivity contribution is 0.0595. The van der Waals surface area contributed by atoms with Crippen molar-refractivity contribution in [3.05, 3.63) is 29.6 Å². The van der Waals surface area contributed by atoms with Crippen LogP contribution in [0.5, 0.6) is 0 Å². The number of ether oxygens (including phenoxy) is 1. The fraction of sp³-hybridized carbons (Fsp3) is 0.417. The van der Waals surface area contributed by atoms with Crippen molar-refractivity contribution < 1.29 is 22.3 Å². The van der Waals surface area contributed by atoms with Crippen LogP contribution in [0.25, 0.3) is 0 Å². The van der Waals surface area contributed by atoms with E-state index in [4.69, 9.17) is 0 Å². The highest BCUT2D eigenvalue weighted by Crippen LogP contribution is 2.18. The van der Waals surface area contributed by atoms with E-state index >= 15 is 0 Å². The molecule has 1 aromatic rings. The molecule has 0 bridgehead atoms. The number of likely N-dealkylation sites (N-methyl/N-ethyl adjacent to an activating group) is 1. The Balaban J connectivity index is 0.00000400. The number of halogens is 2. The molecule has 9 heteroatoms. The first-order chi connectivity index (χ1) is 9.31.